The van der Waals surface area contributed by atoms with E-state index in [4.69, 9.17) is 16.2 Å². The van der Waals surface area contributed by atoms with E-state index in [0.29, 0.717) is 12.3 Å². The quantitative estimate of drug-likeness (QED) is 0.684. The zero-order valence-corrected chi connectivity index (χ0v) is 10.9. The van der Waals surface area contributed by atoms with Crippen molar-refractivity contribution in [1.82, 2.24) is 4.90 Å². The summed E-state index contributed by atoms with van der Waals surface area (Å²) in [7, 11) is 2.06. The molecule has 1 amide bonds. The van der Waals surface area contributed by atoms with Gasteiger partial charge in [-0.3, -0.25) is 4.79 Å². The van der Waals surface area contributed by atoms with Crippen molar-refractivity contribution in [3.8, 4) is 0 Å². The normalized spacial score (nSPS) is 21.4. The lowest BCUT2D eigenvalue weighted by Crippen LogP contribution is -2.51. The molecule has 1 unspecified atom stereocenters. The lowest BCUT2D eigenvalue weighted by molar-refractivity contribution is -0.122. The van der Waals surface area contributed by atoms with Crippen molar-refractivity contribution < 1.29 is 9.53 Å². The van der Waals surface area contributed by atoms with Crippen LogP contribution in [-0.2, 0) is 9.53 Å². The standard InChI is InChI=1S/C12H25N3O2/c1-12(14,11(13)16)5-6-15(2)9-10-3-7-17-8-4-10/h10H,3-9,14H2,1-2H3,(H2,13,16). The molecule has 0 aliphatic carbocycles. The molecule has 0 aromatic rings. The average molecular weight is 243 g/mol. The number of amides is 1. The summed E-state index contributed by atoms with van der Waals surface area (Å²) in [4.78, 5) is 13.3. The lowest BCUT2D eigenvalue weighted by atomic mass is 9.97. The van der Waals surface area contributed by atoms with Crippen LogP contribution in [0, 0.1) is 5.92 Å². The maximum Gasteiger partial charge on any atom is 0.237 e. The van der Waals surface area contributed by atoms with Crippen LogP contribution in [0.1, 0.15) is 26.2 Å². The molecule has 0 radical (unpaired) electrons. The molecular weight excluding hydrogens is 218 g/mol. The Labute approximate surface area is 103 Å². The number of ether oxygens (including phenoxy) is 1. The van der Waals surface area contributed by atoms with E-state index in [1.165, 1.54) is 0 Å². The maximum absolute atomic E-state index is 11.1. The van der Waals surface area contributed by atoms with E-state index in [1.54, 1.807) is 6.92 Å². The Morgan fingerprint density at radius 3 is 2.59 bits per heavy atom. The zero-order chi connectivity index (χ0) is 12.9. The van der Waals surface area contributed by atoms with E-state index in [2.05, 4.69) is 11.9 Å². The van der Waals surface area contributed by atoms with Crippen molar-refractivity contribution in [2.24, 2.45) is 17.4 Å². The number of hydrogen-bond donors (Lipinski definition) is 2. The Hall–Kier alpha value is -0.650. The van der Waals surface area contributed by atoms with E-state index in [-0.39, 0.29) is 0 Å². The molecule has 0 aromatic heterocycles. The van der Waals surface area contributed by atoms with Gasteiger partial charge in [-0.25, -0.2) is 0 Å². The van der Waals surface area contributed by atoms with Gasteiger partial charge in [0.1, 0.15) is 0 Å². The van der Waals surface area contributed by atoms with E-state index in [1.807, 2.05) is 0 Å². The second-order valence-corrected chi connectivity index (χ2v) is 5.35. The van der Waals surface area contributed by atoms with Crippen molar-refractivity contribution in [3.63, 3.8) is 0 Å². The van der Waals surface area contributed by atoms with Gasteiger partial charge in [0.15, 0.2) is 0 Å². The summed E-state index contributed by atoms with van der Waals surface area (Å²) in [6.45, 7) is 5.27. The molecule has 1 heterocycles. The van der Waals surface area contributed by atoms with Crippen LogP contribution in [0.15, 0.2) is 0 Å². The fourth-order valence-corrected chi connectivity index (χ4v) is 2.01. The molecule has 1 atom stereocenters. The molecule has 17 heavy (non-hydrogen) atoms. The Morgan fingerprint density at radius 2 is 2.06 bits per heavy atom. The van der Waals surface area contributed by atoms with Gasteiger partial charge in [-0.1, -0.05) is 0 Å². The number of rotatable bonds is 6. The minimum Gasteiger partial charge on any atom is -0.381 e. The number of hydrogen-bond acceptors (Lipinski definition) is 4. The van der Waals surface area contributed by atoms with Crippen molar-refractivity contribution in [1.29, 1.82) is 0 Å². The van der Waals surface area contributed by atoms with Gasteiger partial charge >= 0.3 is 0 Å². The molecular formula is C12H25N3O2. The first-order chi connectivity index (χ1) is 7.92. The van der Waals surface area contributed by atoms with Crippen LogP contribution < -0.4 is 11.5 Å². The molecule has 0 spiro atoms. The average Bonchev–Trinajstić information content (AvgIpc) is 2.28. The minimum atomic E-state index is -0.899. The van der Waals surface area contributed by atoms with Gasteiger partial charge in [0.25, 0.3) is 0 Å². The maximum atomic E-state index is 11.1. The molecule has 0 saturated carbocycles. The number of nitrogens with two attached hydrogens (primary N) is 2. The SMILES string of the molecule is CN(CCC(C)(N)C(N)=O)CC1CCOCC1. The topological polar surface area (TPSA) is 81.6 Å². The largest absolute Gasteiger partial charge is 0.381 e. The molecule has 5 nitrogen and oxygen atoms in total. The van der Waals surface area contributed by atoms with E-state index in [9.17, 15) is 4.79 Å². The Bertz CT molecular complexity index is 250. The molecule has 1 rings (SSSR count). The van der Waals surface area contributed by atoms with Crippen LogP contribution >= 0.6 is 0 Å². The highest BCUT2D eigenvalue weighted by Gasteiger charge is 2.26. The molecule has 0 aromatic carbocycles. The van der Waals surface area contributed by atoms with Crippen LogP contribution in [-0.4, -0.2) is 49.7 Å². The molecule has 1 fully saturated rings. The Morgan fingerprint density at radius 1 is 1.47 bits per heavy atom. The van der Waals surface area contributed by atoms with Crippen molar-refractivity contribution >= 4 is 5.91 Å². The third-order valence-corrected chi connectivity index (χ3v) is 3.49. The van der Waals surface area contributed by atoms with Crippen LogP contribution in [0.3, 0.4) is 0 Å². The Kier molecular flexibility index (Phi) is 5.36. The first kappa shape index (κ1) is 14.4. The highest BCUT2D eigenvalue weighted by atomic mass is 16.5. The summed E-state index contributed by atoms with van der Waals surface area (Å²) >= 11 is 0. The van der Waals surface area contributed by atoms with Crippen molar-refractivity contribution in [2.75, 3.05) is 33.4 Å². The predicted molar refractivity (Wildman–Crippen MR) is 67.4 cm³/mol. The van der Waals surface area contributed by atoms with E-state index >= 15 is 0 Å². The summed E-state index contributed by atoms with van der Waals surface area (Å²) in [5, 5.41) is 0. The molecule has 100 valence electrons. The summed E-state index contributed by atoms with van der Waals surface area (Å²) in [5.41, 5.74) is 10.2. The number of nitrogens with zero attached hydrogens (tertiary/aromatic N) is 1. The lowest BCUT2D eigenvalue weighted by Gasteiger charge is -2.29. The molecule has 4 N–H and O–H groups in total. The van der Waals surface area contributed by atoms with E-state index < -0.39 is 11.4 Å². The van der Waals surface area contributed by atoms with Crippen molar-refractivity contribution in [2.45, 2.75) is 31.7 Å². The molecule has 1 aliphatic rings. The predicted octanol–water partition coefficient (Wildman–Crippen LogP) is -0.0624. The fraction of sp³-hybridized carbons (Fsp3) is 0.917. The monoisotopic (exact) mass is 243 g/mol. The second kappa shape index (κ2) is 6.33. The highest BCUT2D eigenvalue weighted by molar-refractivity contribution is 5.83. The third kappa shape index (κ3) is 5.02. The number of carbonyl (C=O) groups is 1. The molecule has 5 heteroatoms. The molecule has 0 bridgehead atoms. The van der Waals surface area contributed by atoms with Gasteiger partial charge < -0.3 is 21.1 Å². The van der Waals surface area contributed by atoms with Gasteiger partial charge in [0, 0.05) is 26.3 Å². The van der Waals surface area contributed by atoms with E-state index in [0.717, 1.165) is 39.1 Å². The first-order valence-corrected chi connectivity index (χ1v) is 6.27. The number of carbonyl (C=O) groups excluding carboxylic acids is 1. The zero-order valence-electron chi connectivity index (χ0n) is 10.9. The van der Waals surface area contributed by atoms with Gasteiger partial charge in [-0.2, -0.15) is 0 Å². The molecule has 1 saturated heterocycles. The van der Waals surface area contributed by atoms with Gasteiger partial charge in [0.05, 0.1) is 5.54 Å². The van der Waals surface area contributed by atoms with Gasteiger partial charge in [-0.05, 0) is 39.2 Å². The summed E-state index contributed by atoms with van der Waals surface area (Å²) in [6.07, 6.45) is 2.85. The summed E-state index contributed by atoms with van der Waals surface area (Å²) in [5.74, 6) is 0.267. The Balaban J connectivity index is 2.24. The molecule has 1 aliphatic heterocycles. The van der Waals surface area contributed by atoms with Gasteiger partial charge in [-0.15, -0.1) is 0 Å². The highest BCUT2D eigenvalue weighted by Crippen LogP contribution is 2.16. The van der Waals surface area contributed by atoms with Crippen LogP contribution in [0.5, 0.6) is 0 Å². The van der Waals surface area contributed by atoms with Crippen LogP contribution in [0.2, 0.25) is 0 Å². The van der Waals surface area contributed by atoms with Gasteiger partial charge in [0.2, 0.25) is 5.91 Å². The summed E-state index contributed by atoms with van der Waals surface area (Å²) in [6, 6.07) is 0. The van der Waals surface area contributed by atoms with Crippen LogP contribution in [0.4, 0.5) is 0 Å². The minimum absolute atomic E-state index is 0.433. The second-order valence-electron chi connectivity index (χ2n) is 5.35. The number of primary amides is 1. The smallest absolute Gasteiger partial charge is 0.237 e. The van der Waals surface area contributed by atoms with Crippen molar-refractivity contribution in [3.05, 3.63) is 0 Å². The van der Waals surface area contributed by atoms with Crippen LogP contribution in [0.25, 0.3) is 0 Å². The fourth-order valence-electron chi connectivity index (χ4n) is 2.01. The first-order valence-electron chi connectivity index (χ1n) is 6.27. The summed E-state index contributed by atoms with van der Waals surface area (Å²) < 4.78 is 5.33. The third-order valence-electron chi connectivity index (χ3n) is 3.49.